The molecule has 1 amide bonds. The number of benzene rings is 1. The lowest BCUT2D eigenvalue weighted by Gasteiger charge is -2.07. The van der Waals surface area contributed by atoms with Crippen molar-refractivity contribution in [2.75, 3.05) is 11.1 Å². The van der Waals surface area contributed by atoms with E-state index in [1.54, 1.807) is 36.4 Å². The zero-order valence-electron chi connectivity index (χ0n) is 12.1. The van der Waals surface area contributed by atoms with Crippen molar-refractivity contribution in [2.24, 2.45) is 0 Å². The first-order chi connectivity index (χ1) is 11.5. The number of alkyl halides is 2. The van der Waals surface area contributed by atoms with Gasteiger partial charge in [-0.25, -0.2) is 9.97 Å². The Balaban J connectivity index is 1.72. The molecule has 3 rings (SSSR count). The maximum absolute atomic E-state index is 13.3. The molecule has 24 heavy (non-hydrogen) atoms. The summed E-state index contributed by atoms with van der Waals surface area (Å²) in [6.45, 7) is -2.74. The molecule has 0 saturated heterocycles. The lowest BCUT2D eigenvalue weighted by Crippen LogP contribution is -2.15. The molecule has 124 valence electrons. The standard InChI is InChI=1S/C15H11ClF2N4OS/c16-9-5-6-12(19-7-9)21-13(23)8-24-15-20-10-3-1-2-4-11(10)22(15)14(17)18/h1-7,14H,8H2,(H,19,21,23). The summed E-state index contributed by atoms with van der Waals surface area (Å²) >= 11 is 6.65. The first-order valence-corrected chi connectivity index (χ1v) is 8.20. The van der Waals surface area contributed by atoms with Gasteiger partial charge in [0.25, 0.3) is 0 Å². The first kappa shape index (κ1) is 16.7. The van der Waals surface area contributed by atoms with Crippen LogP contribution in [0.4, 0.5) is 14.6 Å². The van der Waals surface area contributed by atoms with E-state index < -0.39 is 6.55 Å². The van der Waals surface area contributed by atoms with E-state index in [0.29, 0.717) is 21.9 Å². The molecule has 2 heterocycles. The summed E-state index contributed by atoms with van der Waals surface area (Å²) < 4.78 is 27.4. The van der Waals surface area contributed by atoms with Gasteiger partial charge < -0.3 is 5.32 Å². The van der Waals surface area contributed by atoms with Gasteiger partial charge in [0.2, 0.25) is 5.91 Å². The fraction of sp³-hybridized carbons (Fsp3) is 0.133. The number of pyridine rings is 1. The monoisotopic (exact) mass is 368 g/mol. The van der Waals surface area contributed by atoms with Crippen molar-refractivity contribution >= 4 is 46.1 Å². The minimum atomic E-state index is -2.74. The van der Waals surface area contributed by atoms with Crippen LogP contribution >= 0.6 is 23.4 Å². The minimum Gasteiger partial charge on any atom is -0.310 e. The zero-order chi connectivity index (χ0) is 17.1. The van der Waals surface area contributed by atoms with Gasteiger partial charge in [-0.2, -0.15) is 8.78 Å². The van der Waals surface area contributed by atoms with Gasteiger partial charge in [-0.05, 0) is 24.3 Å². The van der Waals surface area contributed by atoms with Crippen LogP contribution in [-0.4, -0.2) is 26.2 Å². The molecule has 0 unspecified atom stereocenters. The normalized spacial score (nSPS) is 11.2. The number of aromatic nitrogens is 3. The van der Waals surface area contributed by atoms with Gasteiger partial charge in [0.1, 0.15) is 5.82 Å². The van der Waals surface area contributed by atoms with Crippen molar-refractivity contribution in [3.05, 3.63) is 47.6 Å². The van der Waals surface area contributed by atoms with Gasteiger partial charge in [-0.1, -0.05) is 35.5 Å². The smallest absolute Gasteiger partial charge is 0.310 e. The van der Waals surface area contributed by atoms with E-state index in [4.69, 9.17) is 11.6 Å². The van der Waals surface area contributed by atoms with Gasteiger partial charge in [-0.3, -0.25) is 9.36 Å². The molecule has 0 radical (unpaired) electrons. The van der Waals surface area contributed by atoms with E-state index in [1.165, 1.54) is 6.20 Å². The lowest BCUT2D eigenvalue weighted by molar-refractivity contribution is -0.113. The number of nitrogens with zero attached hydrogens (tertiary/aromatic N) is 3. The molecule has 1 aromatic carbocycles. The molecule has 0 aliphatic carbocycles. The summed E-state index contributed by atoms with van der Waals surface area (Å²) in [5.74, 6) is -0.101. The minimum absolute atomic E-state index is 0.0691. The van der Waals surface area contributed by atoms with Crippen LogP contribution in [0.3, 0.4) is 0 Å². The van der Waals surface area contributed by atoms with Crippen LogP contribution in [0.5, 0.6) is 0 Å². The molecular formula is C15H11ClF2N4OS. The van der Waals surface area contributed by atoms with E-state index in [-0.39, 0.29) is 16.8 Å². The van der Waals surface area contributed by atoms with Gasteiger partial charge in [0, 0.05) is 6.20 Å². The Morgan fingerprint density at radius 3 is 2.79 bits per heavy atom. The molecule has 0 atom stereocenters. The van der Waals surface area contributed by atoms with Crippen LogP contribution in [-0.2, 0) is 4.79 Å². The molecule has 2 aromatic heterocycles. The highest BCUT2D eigenvalue weighted by Gasteiger charge is 2.18. The number of hydrogen-bond donors (Lipinski definition) is 1. The van der Waals surface area contributed by atoms with E-state index in [0.717, 1.165) is 16.3 Å². The third kappa shape index (κ3) is 3.65. The lowest BCUT2D eigenvalue weighted by atomic mass is 10.3. The number of carbonyl (C=O) groups is 1. The van der Waals surface area contributed by atoms with Crippen LogP contribution in [0, 0.1) is 0 Å². The van der Waals surface area contributed by atoms with Crippen LogP contribution in [0.1, 0.15) is 6.55 Å². The third-order valence-corrected chi connectivity index (χ3v) is 4.26. The highest BCUT2D eigenvalue weighted by molar-refractivity contribution is 7.99. The van der Waals surface area contributed by atoms with Crippen molar-refractivity contribution in [3.8, 4) is 0 Å². The van der Waals surface area contributed by atoms with E-state index in [2.05, 4.69) is 15.3 Å². The summed E-state index contributed by atoms with van der Waals surface area (Å²) in [6, 6.07) is 9.74. The quantitative estimate of drug-likeness (QED) is 0.685. The van der Waals surface area contributed by atoms with Crippen molar-refractivity contribution < 1.29 is 13.6 Å². The van der Waals surface area contributed by atoms with Gasteiger partial charge in [-0.15, -0.1) is 0 Å². The van der Waals surface area contributed by atoms with Crippen LogP contribution < -0.4 is 5.32 Å². The predicted molar refractivity (Wildman–Crippen MR) is 89.6 cm³/mol. The molecular weight excluding hydrogens is 358 g/mol. The number of para-hydroxylation sites is 2. The predicted octanol–water partition coefficient (Wildman–Crippen LogP) is 4.21. The Morgan fingerprint density at radius 1 is 1.29 bits per heavy atom. The molecule has 9 heteroatoms. The number of carbonyl (C=O) groups excluding carboxylic acids is 1. The average Bonchev–Trinajstić information content (AvgIpc) is 2.93. The molecule has 0 fully saturated rings. The topological polar surface area (TPSA) is 59.8 Å². The maximum Gasteiger partial charge on any atom is 0.321 e. The fourth-order valence-corrected chi connectivity index (χ4v) is 3.00. The van der Waals surface area contributed by atoms with Crippen molar-refractivity contribution in [3.63, 3.8) is 0 Å². The Labute approximate surface area is 145 Å². The number of fused-ring (bicyclic) bond motifs is 1. The Bertz CT molecular complexity index is 870. The zero-order valence-corrected chi connectivity index (χ0v) is 13.7. The summed E-state index contributed by atoms with van der Waals surface area (Å²) in [5.41, 5.74) is 0.787. The van der Waals surface area contributed by atoms with E-state index in [9.17, 15) is 13.6 Å². The number of hydrogen-bond acceptors (Lipinski definition) is 4. The van der Waals surface area contributed by atoms with Gasteiger partial charge >= 0.3 is 6.55 Å². The summed E-state index contributed by atoms with van der Waals surface area (Å²) in [6.07, 6.45) is 1.40. The summed E-state index contributed by atoms with van der Waals surface area (Å²) in [5, 5.41) is 3.11. The Hall–Kier alpha value is -2.19. The van der Waals surface area contributed by atoms with Crippen molar-refractivity contribution in [1.29, 1.82) is 0 Å². The van der Waals surface area contributed by atoms with Crippen molar-refractivity contribution in [1.82, 2.24) is 14.5 Å². The first-order valence-electron chi connectivity index (χ1n) is 6.84. The number of nitrogens with one attached hydrogen (secondary N) is 1. The molecule has 5 nitrogen and oxygen atoms in total. The number of amides is 1. The van der Waals surface area contributed by atoms with Gasteiger partial charge in [0.15, 0.2) is 5.16 Å². The molecule has 0 spiro atoms. The van der Waals surface area contributed by atoms with Crippen LogP contribution in [0.25, 0.3) is 11.0 Å². The molecule has 0 saturated carbocycles. The van der Waals surface area contributed by atoms with Crippen LogP contribution in [0.2, 0.25) is 5.02 Å². The number of halogens is 3. The van der Waals surface area contributed by atoms with Gasteiger partial charge in [0.05, 0.1) is 21.8 Å². The molecule has 0 aliphatic rings. The maximum atomic E-state index is 13.3. The van der Waals surface area contributed by atoms with Crippen LogP contribution in [0.15, 0.2) is 47.8 Å². The second kappa shape index (κ2) is 7.14. The molecule has 0 bridgehead atoms. The summed E-state index contributed by atoms with van der Waals surface area (Å²) in [4.78, 5) is 20.0. The fourth-order valence-electron chi connectivity index (χ4n) is 2.07. The highest BCUT2D eigenvalue weighted by atomic mass is 35.5. The van der Waals surface area contributed by atoms with E-state index >= 15 is 0 Å². The second-order valence-electron chi connectivity index (χ2n) is 4.73. The average molecular weight is 369 g/mol. The number of anilines is 1. The molecule has 1 N–H and O–H groups in total. The number of rotatable bonds is 5. The largest absolute Gasteiger partial charge is 0.321 e. The number of imidazole rings is 1. The Morgan fingerprint density at radius 2 is 2.08 bits per heavy atom. The molecule has 0 aliphatic heterocycles. The second-order valence-corrected chi connectivity index (χ2v) is 6.11. The summed E-state index contributed by atoms with van der Waals surface area (Å²) in [7, 11) is 0. The van der Waals surface area contributed by atoms with E-state index in [1.807, 2.05) is 0 Å². The third-order valence-electron chi connectivity index (χ3n) is 3.09. The highest BCUT2D eigenvalue weighted by Crippen LogP contribution is 2.29. The number of thioether (sulfide) groups is 1. The van der Waals surface area contributed by atoms with Crippen molar-refractivity contribution in [2.45, 2.75) is 11.7 Å². The molecule has 3 aromatic rings. The SMILES string of the molecule is O=C(CSc1nc2ccccc2n1C(F)F)Nc1ccc(Cl)cn1. The Kier molecular flexibility index (Phi) is 4.96.